The molecule has 0 saturated carbocycles. The maximum Gasteiger partial charge on any atom is 0.352 e. The summed E-state index contributed by atoms with van der Waals surface area (Å²) in [5.74, 6) is 0.379. The Morgan fingerprint density at radius 3 is 2.93 bits per heavy atom. The van der Waals surface area contributed by atoms with Gasteiger partial charge in [0.25, 0.3) is 0 Å². The first-order valence-corrected chi connectivity index (χ1v) is 11.0. The van der Waals surface area contributed by atoms with E-state index in [1.54, 1.807) is 11.3 Å². The highest BCUT2D eigenvalue weighted by Gasteiger charge is 2.24. The van der Waals surface area contributed by atoms with E-state index in [2.05, 4.69) is 22.3 Å². The lowest BCUT2D eigenvalue weighted by Crippen LogP contribution is -2.28. The van der Waals surface area contributed by atoms with Gasteiger partial charge in [-0.1, -0.05) is 13.0 Å². The van der Waals surface area contributed by atoms with Crippen molar-refractivity contribution in [1.29, 1.82) is 0 Å². The molecule has 0 fully saturated rings. The van der Waals surface area contributed by atoms with Crippen LogP contribution in [0.4, 0.5) is 5.69 Å². The maximum atomic E-state index is 12.8. The molecule has 4 aromatic rings. The summed E-state index contributed by atoms with van der Waals surface area (Å²) in [6.45, 7) is 6.15. The number of carbonyl (C=O) groups excluding carboxylic acids is 1. The molecule has 3 heterocycles. The van der Waals surface area contributed by atoms with Crippen molar-refractivity contribution < 1.29 is 4.79 Å². The van der Waals surface area contributed by atoms with Crippen molar-refractivity contribution in [2.45, 2.75) is 46.6 Å². The van der Waals surface area contributed by atoms with E-state index in [1.807, 2.05) is 32.0 Å². The number of anilines is 1. The van der Waals surface area contributed by atoms with E-state index in [0.717, 1.165) is 40.6 Å². The fraction of sp³-hybridized carbons (Fsp3) is 0.364. The van der Waals surface area contributed by atoms with Gasteiger partial charge in [-0.05, 0) is 67.9 Å². The molecule has 1 amide bonds. The van der Waals surface area contributed by atoms with Gasteiger partial charge in [-0.3, -0.25) is 4.79 Å². The number of hydrogen-bond donors (Lipinski definition) is 1. The molecule has 7 nitrogen and oxygen atoms in total. The number of amides is 1. The fourth-order valence-electron chi connectivity index (χ4n) is 4.12. The lowest BCUT2D eigenvalue weighted by molar-refractivity contribution is -0.117. The second kappa shape index (κ2) is 7.05. The third kappa shape index (κ3) is 3.11. The SMILES string of the molecule is Cc1ccc(NC(=O)Cn2nc3c4c5c(sc4ncn3c2=O)CC(C)CC5)cc1C. The molecule has 1 atom stereocenters. The molecule has 1 unspecified atom stereocenters. The van der Waals surface area contributed by atoms with Gasteiger partial charge in [0.2, 0.25) is 5.91 Å². The third-order valence-electron chi connectivity index (χ3n) is 5.96. The van der Waals surface area contributed by atoms with Gasteiger partial charge in [-0.15, -0.1) is 16.4 Å². The molecule has 154 valence electrons. The Morgan fingerprint density at radius 2 is 2.13 bits per heavy atom. The van der Waals surface area contributed by atoms with Crippen molar-refractivity contribution in [2.24, 2.45) is 5.92 Å². The molecule has 30 heavy (non-hydrogen) atoms. The third-order valence-corrected chi connectivity index (χ3v) is 7.12. The van der Waals surface area contributed by atoms with E-state index in [4.69, 9.17) is 0 Å². The monoisotopic (exact) mass is 421 g/mol. The number of rotatable bonds is 3. The molecule has 3 aromatic heterocycles. The van der Waals surface area contributed by atoms with Crippen molar-refractivity contribution in [2.75, 3.05) is 5.32 Å². The average Bonchev–Trinajstić information content (AvgIpc) is 3.22. The van der Waals surface area contributed by atoms with Crippen molar-refractivity contribution in [3.05, 3.63) is 56.6 Å². The fourth-order valence-corrected chi connectivity index (χ4v) is 5.47. The van der Waals surface area contributed by atoms with Crippen molar-refractivity contribution in [1.82, 2.24) is 19.2 Å². The number of nitrogens with zero attached hydrogens (tertiary/aromatic N) is 4. The Kier molecular flexibility index (Phi) is 4.47. The van der Waals surface area contributed by atoms with Crippen LogP contribution in [0.25, 0.3) is 15.9 Å². The Morgan fingerprint density at radius 1 is 1.30 bits per heavy atom. The highest BCUT2D eigenvalue weighted by molar-refractivity contribution is 7.19. The molecular weight excluding hydrogens is 398 g/mol. The standard InChI is InChI=1S/C22H23N5O2S/c1-12-4-7-16-17(8-12)30-21-19(16)20-25-27(22(29)26(20)11-23-21)10-18(28)24-15-6-5-13(2)14(3)9-15/h5-6,9,11-12H,4,7-8,10H2,1-3H3,(H,24,28). The maximum absolute atomic E-state index is 12.8. The number of thiophene rings is 1. The highest BCUT2D eigenvalue weighted by atomic mass is 32.1. The van der Waals surface area contributed by atoms with Gasteiger partial charge in [0.15, 0.2) is 5.65 Å². The smallest absolute Gasteiger partial charge is 0.324 e. The van der Waals surface area contributed by atoms with Crippen LogP contribution in [0.5, 0.6) is 0 Å². The first kappa shape index (κ1) is 19.0. The van der Waals surface area contributed by atoms with E-state index in [-0.39, 0.29) is 18.1 Å². The minimum Gasteiger partial charge on any atom is -0.324 e. The molecule has 0 radical (unpaired) electrons. The van der Waals surface area contributed by atoms with Gasteiger partial charge in [-0.25, -0.2) is 18.9 Å². The zero-order chi connectivity index (χ0) is 21.0. The molecule has 5 rings (SSSR count). The number of benzene rings is 1. The zero-order valence-corrected chi connectivity index (χ0v) is 18.0. The lowest BCUT2D eigenvalue weighted by Gasteiger charge is -2.17. The van der Waals surface area contributed by atoms with Crippen LogP contribution < -0.4 is 11.0 Å². The number of aryl methyl sites for hydroxylation is 3. The van der Waals surface area contributed by atoms with Crippen LogP contribution in [0.15, 0.2) is 29.3 Å². The summed E-state index contributed by atoms with van der Waals surface area (Å²) in [6.07, 6.45) is 4.68. The molecule has 1 aliphatic rings. The van der Waals surface area contributed by atoms with Crippen LogP contribution in [-0.2, 0) is 24.2 Å². The quantitative estimate of drug-likeness (QED) is 0.549. The van der Waals surface area contributed by atoms with E-state index >= 15 is 0 Å². The van der Waals surface area contributed by atoms with E-state index in [9.17, 15) is 9.59 Å². The number of aromatic nitrogens is 4. The minimum atomic E-state index is -0.348. The largest absolute Gasteiger partial charge is 0.352 e. The number of nitrogens with one attached hydrogen (secondary N) is 1. The Balaban J connectivity index is 1.50. The molecule has 1 aliphatic carbocycles. The molecule has 0 aliphatic heterocycles. The molecule has 8 heteroatoms. The van der Waals surface area contributed by atoms with Crippen LogP contribution in [0.3, 0.4) is 0 Å². The van der Waals surface area contributed by atoms with Crippen molar-refractivity contribution in [3.8, 4) is 0 Å². The minimum absolute atomic E-state index is 0.141. The summed E-state index contributed by atoms with van der Waals surface area (Å²) in [7, 11) is 0. The van der Waals surface area contributed by atoms with Gasteiger partial charge in [0.05, 0.1) is 5.39 Å². The van der Waals surface area contributed by atoms with Crippen LogP contribution in [-0.4, -0.2) is 25.1 Å². The van der Waals surface area contributed by atoms with Gasteiger partial charge < -0.3 is 5.32 Å². The second-order valence-corrected chi connectivity index (χ2v) is 9.34. The van der Waals surface area contributed by atoms with Crippen molar-refractivity contribution >= 4 is 38.8 Å². The second-order valence-electron chi connectivity index (χ2n) is 8.26. The summed E-state index contributed by atoms with van der Waals surface area (Å²) in [4.78, 5) is 32.2. The Labute approximate surface area is 177 Å². The van der Waals surface area contributed by atoms with Crippen LogP contribution in [0, 0.1) is 19.8 Å². The highest BCUT2D eigenvalue weighted by Crippen LogP contribution is 2.38. The normalized spacial score (nSPS) is 16.2. The summed E-state index contributed by atoms with van der Waals surface area (Å²) in [5, 5.41) is 8.35. The zero-order valence-electron chi connectivity index (χ0n) is 17.2. The lowest BCUT2D eigenvalue weighted by atomic mass is 9.89. The molecule has 0 bridgehead atoms. The first-order chi connectivity index (χ1) is 14.4. The van der Waals surface area contributed by atoms with Gasteiger partial charge >= 0.3 is 5.69 Å². The molecule has 1 N–H and O–H groups in total. The number of hydrogen-bond acceptors (Lipinski definition) is 5. The topological polar surface area (TPSA) is 81.3 Å². The molecule has 1 aromatic carbocycles. The molecular formula is C22H23N5O2S. The van der Waals surface area contributed by atoms with Gasteiger partial charge in [0, 0.05) is 10.6 Å². The molecule has 0 spiro atoms. The summed E-state index contributed by atoms with van der Waals surface area (Å²) < 4.78 is 2.68. The number of fused-ring (bicyclic) bond motifs is 5. The van der Waals surface area contributed by atoms with Crippen LogP contribution >= 0.6 is 11.3 Å². The molecule has 0 saturated heterocycles. The summed E-state index contributed by atoms with van der Waals surface area (Å²) >= 11 is 1.70. The van der Waals surface area contributed by atoms with Crippen molar-refractivity contribution in [3.63, 3.8) is 0 Å². The predicted molar refractivity (Wildman–Crippen MR) is 118 cm³/mol. The van der Waals surface area contributed by atoms with E-state index in [0.29, 0.717) is 17.3 Å². The summed E-state index contributed by atoms with van der Waals surface area (Å²) in [6, 6.07) is 5.75. The summed E-state index contributed by atoms with van der Waals surface area (Å²) in [5.41, 5.74) is 4.49. The van der Waals surface area contributed by atoms with Gasteiger partial charge in [-0.2, -0.15) is 0 Å². The van der Waals surface area contributed by atoms with Crippen LogP contribution in [0.2, 0.25) is 0 Å². The Bertz CT molecular complexity index is 1360. The van der Waals surface area contributed by atoms with E-state index in [1.165, 1.54) is 25.9 Å². The predicted octanol–water partition coefficient (Wildman–Crippen LogP) is 3.49. The first-order valence-electron chi connectivity index (χ1n) is 10.2. The van der Waals surface area contributed by atoms with Crippen LogP contribution in [0.1, 0.15) is 34.9 Å². The Hall–Kier alpha value is -3.00. The van der Waals surface area contributed by atoms with E-state index < -0.39 is 0 Å². The van der Waals surface area contributed by atoms with Gasteiger partial charge in [0.1, 0.15) is 17.7 Å². The average molecular weight is 422 g/mol. The number of carbonyl (C=O) groups is 1.